The highest BCUT2D eigenvalue weighted by atomic mass is 16.5. The van der Waals surface area contributed by atoms with Gasteiger partial charge in [-0.1, -0.05) is 30.3 Å². The van der Waals surface area contributed by atoms with Crippen LogP contribution < -0.4 is 15.4 Å². The van der Waals surface area contributed by atoms with Gasteiger partial charge in [0.25, 0.3) is 5.91 Å². The second kappa shape index (κ2) is 11.0. The minimum absolute atomic E-state index is 0.185. The van der Waals surface area contributed by atoms with E-state index in [2.05, 4.69) is 10.6 Å². The Balaban J connectivity index is 1.35. The summed E-state index contributed by atoms with van der Waals surface area (Å²) in [7, 11) is 1.58. The average Bonchev–Trinajstić information content (AvgIpc) is 2.82. The summed E-state index contributed by atoms with van der Waals surface area (Å²) in [6, 6.07) is 16.4. The average molecular weight is 425 g/mol. The summed E-state index contributed by atoms with van der Waals surface area (Å²) in [6.45, 7) is 0.918. The molecule has 164 valence electrons. The van der Waals surface area contributed by atoms with Crippen molar-refractivity contribution in [2.75, 3.05) is 32.1 Å². The third-order valence-electron chi connectivity index (χ3n) is 5.11. The van der Waals surface area contributed by atoms with Gasteiger partial charge in [0, 0.05) is 25.3 Å². The molecule has 1 saturated heterocycles. The van der Waals surface area contributed by atoms with Crippen molar-refractivity contribution in [2.45, 2.75) is 19.4 Å². The minimum Gasteiger partial charge on any atom is -0.497 e. The molecule has 0 spiro atoms. The number of nitrogens with zero attached hydrogens (tertiary/aromatic N) is 1. The molecule has 0 aromatic heterocycles. The van der Waals surface area contributed by atoms with E-state index in [-0.39, 0.29) is 24.5 Å². The Kier molecular flexibility index (Phi) is 7.86. The quantitative estimate of drug-likeness (QED) is 0.665. The van der Waals surface area contributed by atoms with Gasteiger partial charge < -0.3 is 25.0 Å². The van der Waals surface area contributed by atoms with Crippen molar-refractivity contribution in [3.63, 3.8) is 0 Å². The Morgan fingerprint density at radius 1 is 1.03 bits per heavy atom. The second-order valence-electron chi connectivity index (χ2n) is 7.29. The van der Waals surface area contributed by atoms with E-state index in [1.54, 1.807) is 12.0 Å². The topological polar surface area (TPSA) is 97.0 Å². The Bertz CT molecular complexity index is 895. The van der Waals surface area contributed by atoms with Crippen molar-refractivity contribution in [3.8, 4) is 5.75 Å². The number of hydrogen-bond donors (Lipinski definition) is 2. The molecule has 0 aliphatic carbocycles. The first-order valence-corrected chi connectivity index (χ1v) is 10.2. The molecular weight excluding hydrogens is 398 g/mol. The zero-order valence-corrected chi connectivity index (χ0v) is 17.5. The van der Waals surface area contributed by atoms with Crippen LogP contribution in [0.25, 0.3) is 0 Å². The van der Waals surface area contributed by atoms with Crippen LogP contribution in [0.4, 0.5) is 10.5 Å². The Morgan fingerprint density at radius 3 is 2.48 bits per heavy atom. The van der Waals surface area contributed by atoms with E-state index in [9.17, 15) is 14.4 Å². The summed E-state index contributed by atoms with van der Waals surface area (Å²) in [4.78, 5) is 38.3. The van der Waals surface area contributed by atoms with Gasteiger partial charge in [0.2, 0.25) is 0 Å². The molecule has 0 atom stereocenters. The minimum atomic E-state index is -0.403. The number of ether oxygens (including phenoxy) is 2. The van der Waals surface area contributed by atoms with Crippen molar-refractivity contribution < 1.29 is 23.9 Å². The third-order valence-corrected chi connectivity index (χ3v) is 5.11. The van der Waals surface area contributed by atoms with E-state index < -0.39 is 5.97 Å². The van der Waals surface area contributed by atoms with Crippen LogP contribution in [0.1, 0.15) is 18.4 Å². The van der Waals surface area contributed by atoms with Crippen molar-refractivity contribution in [3.05, 3.63) is 60.2 Å². The van der Waals surface area contributed by atoms with Gasteiger partial charge in [-0.2, -0.15) is 0 Å². The van der Waals surface area contributed by atoms with Gasteiger partial charge in [-0.3, -0.25) is 9.59 Å². The predicted octanol–water partition coefficient (Wildman–Crippen LogP) is 2.80. The number of amides is 3. The molecule has 2 aromatic rings. The summed E-state index contributed by atoms with van der Waals surface area (Å²) >= 11 is 0. The molecule has 1 heterocycles. The lowest BCUT2D eigenvalue weighted by molar-refractivity contribution is -0.153. The van der Waals surface area contributed by atoms with Crippen LogP contribution in [0.15, 0.2) is 54.6 Å². The molecule has 1 aliphatic rings. The van der Waals surface area contributed by atoms with Crippen molar-refractivity contribution >= 4 is 23.6 Å². The highest BCUT2D eigenvalue weighted by molar-refractivity contribution is 5.89. The van der Waals surface area contributed by atoms with Crippen LogP contribution in [0.5, 0.6) is 5.75 Å². The standard InChI is InChI=1S/C23H27N3O5/c1-30-20-9-5-6-17(14-20)15-24-21(27)16-31-22(28)18-10-12-26(13-11-18)23(29)25-19-7-3-2-4-8-19/h2-9,14,18H,10-13,15-16H2,1H3,(H,24,27)(H,25,29). The Labute approximate surface area is 181 Å². The van der Waals surface area contributed by atoms with E-state index in [0.29, 0.717) is 38.2 Å². The number of carbonyl (C=O) groups is 3. The maximum Gasteiger partial charge on any atom is 0.321 e. The normalized spacial score (nSPS) is 13.9. The fraction of sp³-hybridized carbons (Fsp3) is 0.348. The fourth-order valence-corrected chi connectivity index (χ4v) is 3.33. The second-order valence-corrected chi connectivity index (χ2v) is 7.29. The van der Waals surface area contributed by atoms with Gasteiger partial charge >= 0.3 is 12.0 Å². The van der Waals surface area contributed by atoms with Gasteiger partial charge in [0.15, 0.2) is 6.61 Å². The maximum absolute atomic E-state index is 12.3. The zero-order valence-electron chi connectivity index (χ0n) is 17.5. The van der Waals surface area contributed by atoms with Crippen LogP contribution in [0.2, 0.25) is 0 Å². The molecule has 3 amide bonds. The van der Waals surface area contributed by atoms with E-state index in [4.69, 9.17) is 9.47 Å². The highest BCUT2D eigenvalue weighted by Crippen LogP contribution is 2.20. The number of esters is 1. The lowest BCUT2D eigenvalue weighted by atomic mass is 9.97. The number of benzene rings is 2. The number of para-hydroxylation sites is 1. The van der Waals surface area contributed by atoms with Gasteiger partial charge in [-0.25, -0.2) is 4.79 Å². The molecule has 1 aliphatic heterocycles. The smallest absolute Gasteiger partial charge is 0.321 e. The summed E-state index contributed by atoms with van der Waals surface area (Å²) in [5.41, 5.74) is 1.62. The number of anilines is 1. The number of carbonyl (C=O) groups excluding carboxylic acids is 3. The molecule has 2 aromatic carbocycles. The third kappa shape index (κ3) is 6.74. The number of piperidine rings is 1. The molecule has 0 radical (unpaired) electrons. The van der Waals surface area contributed by atoms with Gasteiger partial charge in [0.1, 0.15) is 5.75 Å². The van der Waals surface area contributed by atoms with Crippen molar-refractivity contribution in [1.82, 2.24) is 10.2 Å². The van der Waals surface area contributed by atoms with Crippen LogP contribution in [0.3, 0.4) is 0 Å². The number of hydrogen-bond acceptors (Lipinski definition) is 5. The highest BCUT2D eigenvalue weighted by Gasteiger charge is 2.28. The van der Waals surface area contributed by atoms with Crippen molar-refractivity contribution in [1.29, 1.82) is 0 Å². The lowest BCUT2D eigenvalue weighted by Crippen LogP contribution is -2.43. The van der Waals surface area contributed by atoms with Crippen molar-refractivity contribution in [2.24, 2.45) is 5.92 Å². The molecule has 0 saturated carbocycles. The summed E-state index contributed by atoms with van der Waals surface area (Å²) in [6.07, 6.45) is 1.01. The number of methoxy groups -OCH3 is 1. The molecule has 3 rings (SSSR count). The van der Waals surface area contributed by atoms with Gasteiger partial charge in [0.05, 0.1) is 13.0 Å². The molecule has 31 heavy (non-hydrogen) atoms. The predicted molar refractivity (Wildman–Crippen MR) is 116 cm³/mol. The number of likely N-dealkylation sites (tertiary alicyclic amines) is 1. The maximum atomic E-state index is 12.3. The monoisotopic (exact) mass is 425 g/mol. The van der Waals surface area contributed by atoms with Crippen LogP contribution in [-0.4, -0.2) is 49.6 Å². The molecule has 1 fully saturated rings. The number of nitrogens with one attached hydrogen (secondary N) is 2. The molecule has 8 heteroatoms. The first-order chi connectivity index (χ1) is 15.0. The number of rotatable bonds is 7. The molecule has 8 nitrogen and oxygen atoms in total. The first kappa shape index (κ1) is 22.1. The van der Waals surface area contributed by atoms with E-state index in [1.807, 2.05) is 54.6 Å². The van der Waals surface area contributed by atoms with E-state index in [0.717, 1.165) is 11.3 Å². The fourth-order valence-electron chi connectivity index (χ4n) is 3.33. The molecular formula is C23H27N3O5. The summed E-state index contributed by atoms with van der Waals surface area (Å²) in [5.74, 6) is -0.371. The lowest BCUT2D eigenvalue weighted by Gasteiger charge is -2.30. The molecule has 0 bridgehead atoms. The van der Waals surface area contributed by atoms with Gasteiger partial charge in [-0.15, -0.1) is 0 Å². The number of urea groups is 1. The van der Waals surface area contributed by atoms with Gasteiger partial charge in [-0.05, 0) is 42.7 Å². The zero-order chi connectivity index (χ0) is 22.1. The van der Waals surface area contributed by atoms with Crippen LogP contribution >= 0.6 is 0 Å². The molecule has 2 N–H and O–H groups in total. The van der Waals surface area contributed by atoms with Crippen LogP contribution in [-0.2, 0) is 20.9 Å². The van der Waals surface area contributed by atoms with Crippen LogP contribution in [0, 0.1) is 5.92 Å². The first-order valence-electron chi connectivity index (χ1n) is 10.2. The van der Waals surface area contributed by atoms with E-state index >= 15 is 0 Å². The van der Waals surface area contributed by atoms with E-state index in [1.165, 1.54) is 0 Å². The Morgan fingerprint density at radius 2 is 1.77 bits per heavy atom. The summed E-state index contributed by atoms with van der Waals surface area (Å²) < 4.78 is 10.3. The summed E-state index contributed by atoms with van der Waals surface area (Å²) in [5, 5.41) is 5.56. The largest absolute Gasteiger partial charge is 0.497 e. The Hall–Kier alpha value is -3.55. The SMILES string of the molecule is COc1cccc(CNC(=O)COC(=O)C2CCN(C(=O)Nc3ccccc3)CC2)c1. The molecule has 0 unspecified atom stereocenters.